The van der Waals surface area contributed by atoms with E-state index in [1.54, 1.807) is 12.1 Å². The highest BCUT2D eigenvalue weighted by Gasteiger charge is 2.14. The van der Waals surface area contributed by atoms with Gasteiger partial charge in [0.25, 0.3) is 10.0 Å². The third-order valence-electron chi connectivity index (χ3n) is 4.01. The number of sulfonamides is 1. The number of benzene rings is 2. The summed E-state index contributed by atoms with van der Waals surface area (Å²) in [5, 5.41) is 1.95. The van der Waals surface area contributed by atoms with Gasteiger partial charge in [-0.1, -0.05) is 49.4 Å². The van der Waals surface area contributed by atoms with Gasteiger partial charge < -0.3 is 4.57 Å². The molecule has 3 aromatic rings. The molecule has 0 fully saturated rings. The first kappa shape index (κ1) is 17.6. The summed E-state index contributed by atoms with van der Waals surface area (Å²) in [6.07, 6.45) is 0.874. The molecule has 0 N–H and O–H groups in total. The summed E-state index contributed by atoms with van der Waals surface area (Å²) in [6.45, 7) is 4.67. The van der Waals surface area contributed by atoms with Crippen LogP contribution in [0.2, 0.25) is 0 Å². The van der Waals surface area contributed by atoms with Crippen LogP contribution in [0.5, 0.6) is 0 Å². The highest BCUT2D eigenvalue weighted by Crippen LogP contribution is 2.20. The molecule has 0 aliphatic rings. The van der Waals surface area contributed by atoms with Crippen molar-refractivity contribution in [2.24, 2.45) is 4.40 Å². The Morgan fingerprint density at radius 1 is 1.00 bits per heavy atom. The Morgan fingerprint density at radius 3 is 2.28 bits per heavy atom. The van der Waals surface area contributed by atoms with E-state index >= 15 is 0 Å². The lowest BCUT2D eigenvalue weighted by Crippen LogP contribution is -2.17. The SMILES string of the molecule is CCc1ccc(S(=O)(=O)N=c2scc(-c3ccccc3)n2CC)cc1. The van der Waals surface area contributed by atoms with E-state index in [2.05, 4.69) is 4.40 Å². The molecular weight excluding hydrogens is 352 g/mol. The predicted molar refractivity (Wildman–Crippen MR) is 102 cm³/mol. The third-order valence-corrected chi connectivity index (χ3v) is 6.27. The monoisotopic (exact) mass is 372 g/mol. The first-order valence-electron chi connectivity index (χ1n) is 8.19. The van der Waals surface area contributed by atoms with E-state index in [9.17, 15) is 8.42 Å². The Hall–Kier alpha value is -2.18. The van der Waals surface area contributed by atoms with Crippen LogP contribution in [0.1, 0.15) is 19.4 Å². The van der Waals surface area contributed by atoms with E-state index in [1.165, 1.54) is 11.3 Å². The minimum atomic E-state index is -3.73. The third kappa shape index (κ3) is 3.75. The molecule has 3 rings (SSSR count). The molecule has 4 nitrogen and oxygen atoms in total. The smallest absolute Gasteiger partial charge is 0.285 e. The van der Waals surface area contributed by atoms with Crippen LogP contribution in [0.25, 0.3) is 11.3 Å². The maximum atomic E-state index is 12.6. The van der Waals surface area contributed by atoms with Crippen LogP contribution in [-0.2, 0) is 23.0 Å². The molecule has 1 aromatic heterocycles. The van der Waals surface area contributed by atoms with Crippen molar-refractivity contribution in [1.82, 2.24) is 4.57 Å². The maximum absolute atomic E-state index is 12.6. The Labute approximate surface area is 152 Å². The first-order valence-corrected chi connectivity index (χ1v) is 10.5. The predicted octanol–water partition coefficient (Wildman–Crippen LogP) is 4.09. The molecule has 0 spiro atoms. The summed E-state index contributed by atoms with van der Waals surface area (Å²) in [7, 11) is -3.73. The Morgan fingerprint density at radius 2 is 1.68 bits per heavy atom. The van der Waals surface area contributed by atoms with Gasteiger partial charge in [0.2, 0.25) is 4.80 Å². The van der Waals surface area contributed by atoms with Crippen molar-refractivity contribution in [3.8, 4) is 11.3 Å². The highest BCUT2D eigenvalue weighted by atomic mass is 32.2. The highest BCUT2D eigenvalue weighted by molar-refractivity contribution is 7.90. The number of hydrogen-bond donors (Lipinski definition) is 0. The zero-order valence-electron chi connectivity index (χ0n) is 14.2. The number of thiazole rings is 1. The molecule has 0 unspecified atom stereocenters. The number of rotatable bonds is 5. The van der Waals surface area contributed by atoms with E-state index in [4.69, 9.17) is 0 Å². The van der Waals surface area contributed by atoms with E-state index in [0.29, 0.717) is 11.3 Å². The van der Waals surface area contributed by atoms with Crippen LogP contribution in [-0.4, -0.2) is 13.0 Å². The fraction of sp³-hybridized carbons (Fsp3) is 0.211. The number of aromatic nitrogens is 1. The Bertz CT molecular complexity index is 1020. The molecule has 0 aliphatic heterocycles. The second-order valence-corrected chi connectivity index (χ2v) is 8.02. The van der Waals surface area contributed by atoms with Gasteiger partial charge in [0, 0.05) is 11.9 Å². The molecule has 0 saturated heterocycles. The van der Waals surface area contributed by atoms with Crippen molar-refractivity contribution in [1.29, 1.82) is 0 Å². The summed E-state index contributed by atoms with van der Waals surface area (Å²) >= 11 is 1.34. The average molecular weight is 373 g/mol. The molecule has 0 saturated carbocycles. The van der Waals surface area contributed by atoms with Crippen LogP contribution in [0.4, 0.5) is 0 Å². The van der Waals surface area contributed by atoms with Crippen molar-refractivity contribution < 1.29 is 8.42 Å². The zero-order chi connectivity index (χ0) is 17.9. The van der Waals surface area contributed by atoms with Gasteiger partial charge in [-0.05, 0) is 36.6 Å². The minimum absolute atomic E-state index is 0.224. The fourth-order valence-electron chi connectivity index (χ4n) is 2.60. The number of hydrogen-bond acceptors (Lipinski definition) is 3. The first-order chi connectivity index (χ1) is 12.0. The van der Waals surface area contributed by atoms with Gasteiger partial charge in [0.15, 0.2) is 0 Å². The Kier molecular flexibility index (Phi) is 5.20. The summed E-state index contributed by atoms with van der Waals surface area (Å²) in [5.41, 5.74) is 3.13. The van der Waals surface area contributed by atoms with E-state index < -0.39 is 10.0 Å². The molecule has 25 heavy (non-hydrogen) atoms. The van der Waals surface area contributed by atoms with E-state index in [-0.39, 0.29) is 4.90 Å². The molecule has 1 heterocycles. The van der Waals surface area contributed by atoms with Crippen LogP contribution in [0.3, 0.4) is 0 Å². The normalized spacial score (nSPS) is 12.5. The minimum Gasteiger partial charge on any atom is -0.316 e. The number of nitrogens with zero attached hydrogens (tertiary/aromatic N) is 2. The van der Waals surface area contributed by atoms with Gasteiger partial charge in [0.1, 0.15) is 0 Å². The van der Waals surface area contributed by atoms with Crippen molar-refractivity contribution in [3.63, 3.8) is 0 Å². The molecule has 130 valence electrons. The molecular formula is C19H20N2O2S2. The number of aryl methyl sites for hydroxylation is 1. The van der Waals surface area contributed by atoms with Gasteiger partial charge in [-0.15, -0.1) is 15.7 Å². The van der Waals surface area contributed by atoms with Crippen molar-refractivity contribution in [2.75, 3.05) is 0 Å². The standard InChI is InChI=1S/C19H20N2O2S2/c1-3-15-10-12-17(13-11-15)25(22,23)20-19-21(4-2)18(14-24-19)16-8-6-5-7-9-16/h5-14H,3-4H2,1-2H3. The molecule has 0 bridgehead atoms. The van der Waals surface area contributed by atoms with Crippen LogP contribution < -0.4 is 4.80 Å². The largest absolute Gasteiger partial charge is 0.316 e. The zero-order valence-corrected chi connectivity index (χ0v) is 15.8. The molecule has 0 aliphatic carbocycles. The van der Waals surface area contributed by atoms with Gasteiger partial charge in [-0.25, -0.2) is 0 Å². The Balaban J connectivity index is 2.07. The van der Waals surface area contributed by atoms with Gasteiger partial charge >= 0.3 is 0 Å². The van der Waals surface area contributed by atoms with Gasteiger partial charge in [-0.2, -0.15) is 8.42 Å². The lowest BCUT2D eigenvalue weighted by atomic mass is 10.2. The van der Waals surface area contributed by atoms with Crippen molar-refractivity contribution >= 4 is 21.4 Å². The van der Waals surface area contributed by atoms with Gasteiger partial charge in [0.05, 0.1) is 10.6 Å². The van der Waals surface area contributed by atoms with Crippen LogP contribution >= 0.6 is 11.3 Å². The summed E-state index contributed by atoms with van der Waals surface area (Å²) in [6, 6.07) is 16.8. The molecule has 2 aromatic carbocycles. The average Bonchev–Trinajstić information content (AvgIpc) is 3.04. The van der Waals surface area contributed by atoms with E-state index in [1.807, 2.05) is 66.3 Å². The second-order valence-electron chi connectivity index (χ2n) is 5.58. The van der Waals surface area contributed by atoms with Gasteiger partial charge in [-0.3, -0.25) is 0 Å². The molecule has 0 amide bonds. The van der Waals surface area contributed by atoms with Crippen LogP contribution in [0.15, 0.2) is 69.3 Å². The lowest BCUT2D eigenvalue weighted by molar-refractivity contribution is 0.595. The molecule has 0 atom stereocenters. The van der Waals surface area contributed by atoms with E-state index in [0.717, 1.165) is 23.2 Å². The summed E-state index contributed by atoms with van der Waals surface area (Å²) in [5.74, 6) is 0. The lowest BCUT2D eigenvalue weighted by Gasteiger charge is -2.06. The maximum Gasteiger partial charge on any atom is 0.285 e. The van der Waals surface area contributed by atoms with Crippen LogP contribution in [0, 0.1) is 0 Å². The van der Waals surface area contributed by atoms with Crippen molar-refractivity contribution in [3.05, 3.63) is 70.3 Å². The quantitative estimate of drug-likeness (QED) is 0.677. The second kappa shape index (κ2) is 7.37. The fourth-order valence-corrected chi connectivity index (χ4v) is 4.79. The van der Waals surface area contributed by atoms with Crippen molar-refractivity contribution in [2.45, 2.75) is 31.7 Å². The molecule has 0 radical (unpaired) electrons. The topological polar surface area (TPSA) is 51.4 Å². The summed E-state index contributed by atoms with van der Waals surface area (Å²) < 4.78 is 31.3. The molecule has 6 heteroatoms. The summed E-state index contributed by atoms with van der Waals surface area (Å²) in [4.78, 5) is 0.711.